The first kappa shape index (κ1) is 24.9. The number of carbonyl (C=O) groups excluding carboxylic acids is 1. The van der Waals surface area contributed by atoms with Crippen LogP contribution in [0, 0.1) is 6.92 Å². The Hall–Kier alpha value is -3.81. The molecule has 0 saturated heterocycles. The van der Waals surface area contributed by atoms with Gasteiger partial charge in [0, 0.05) is 34.2 Å². The lowest BCUT2D eigenvalue weighted by molar-refractivity contribution is -0.114. The summed E-state index contributed by atoms with van der Waals surface area (Å²) in [5.74, 6) is -0.179. The van der Waals surface area contributed by atoms with Crippen LogP contribution in [0.3, 0.4) is 0 Å². The van der Waals surface area contributed by atoms with Gasteiger partial charge in [-0.05, 0) is 48.9 Å². The summed E-state index contributed by atoms with van der Waals surface area (Å²) >= 11 is 1.55. The van der Waals surface area contributed by atoms with Gasteiger partial charge < -0.3 is 5.32 Å². The van der Waals surface area contributed by atoms with E-state index in [-0.39, 0.29) is 10.8 Å². The molecule has 5 aromatic rings. The summed E-state index contributed by atoms with van der Waals surface area (Å²) in [7, 11) is -3.92. The molecule has 0 fully saturated rings. The molecule has 1 N–H and O–H groups in total. The summed E-state index contributed by atoms with van der Waals surface area (Å²) in [5, 5.41) is 3.77. The molecule has 4 aromatic carbocycles. The predicted molar refractivity (Wildman–Crippen MR) is 150 cm³/mol. The number of aryl methyl sites for hydroxylation is 1. The van der Waals surface area contributed by atoms with Gasteiger partial charge in [0.25, 0.3) is 10.0 Å². The summed E-state index contributed by atoms with van der Waals surface area (Å²) in [6.07, 6.45) is 0.313. The van der Waals surface area contributed by atoms with Gasteiger partial charge in [0.15, 0.2) is 0 Å². The first-order valence-electron chi connectivity index (χ1n) is 11.9. The number of aromatic nitrogens is 1. The number of anilines is 1. The van der Waals surface area contributed by atoms with Crippen LogP contribution in [-0.4, -0.2) is 18.3 Å². The van der Waals surface area contributed by atoms with Crippen LogP contribution in [0.15, 0.2) is 118 Å². The zero-order chi connectivity index (χ0) is 26.0. The highest BCUT2D eigenvalue weighted by Crippen LogP contribution is 2.41. The minimum absolute atomic E-state index is 0.179. The van der Waals surface area contributed by atoms with E-state index in [0.717, 1.165) is 26.3 Å². The summed E-state index contributed by atoms with van der Waals surface area (Å²) in [6.45, 7) is 3.45. The average Bonchev–Trinajstić information content (AvgIpc) is 3.20. The lowest BCUT2D eigenvalue weighted by Gasteiger charge is -2.16. The van der Waals surface area contributed by atoms with E-state index in [0.29, 0.717) is 23.3 Å². The topological polar surface area (TPSA) is 68.2 Å². The Kier molecular flexibility index (Phi) is 6.91. The van der Waals surface area contributed by atoms with Crippen LogP contribution in [0.2, 0.25) is 0 Å². The smallest absolute Gasteiger partial charge is 0.268 e. The third-order valence-electron chi connectivity index (χ3n) is 6.05. The second kappa shape index (κ2) is 10.3. The molecule has 5 rings (SSSR count). The maximum absolute atomic E-state index is 14.1. The van der Waals surface area contributed by atoms with Crippen LogP contribution in [0.5, 0.6) is 0 Å². The van der Waals surface area contributed by atoms with Gasteiger partial charge in [0.2, 0.25) is 5.91 Å². The lowest BCUT2D eigenvalue weighted by atomic mass is 10.0. The summed E-state index contributed by atoms with van der Waals surface area (Å²) < 4.78 is 29.8. The maximum Gasteiger partial charge on any atom is 0.268 e. The van der Waals surface area contributed by atoms with E-state index in [4.69, 9.17) is 0 Å². The van der Waals surface area contributed by atoms with Crippen molar-refractivity contribution in [2.75, 3.05) is 5.32 Å². The SMILES string of the molecule is CC(=O)Nc1ccc(C)cc1Cc1c(Sc2ccccc2)c2ccccc2n1S(=O)(=O)c1ccccc1. The number of amides is 1. The van der Waals surface area contributed by atoms with E-state index in [1.165, 1.54) is 10.9 Å². The fourth-order valence-electron chi connectivity index (χ4n) is 4.44. The van der Waals surface area contributed by atoms with Crippen molar-refractivity contribution < 1.29 is 13.2 Å². The number of nitrogens with zero attached hydrogens (tertiary/aromatic N) is 1. The molecule has 0 spiro atoms. The predicted octanol–water partition coefficient (Wildman–Crippen LogP) is 6.89. The number of hydrogen-bond acceptors (Lipinski definition) is 4. The molecule has 1 aromatic heterocycles. The number of fused-ring (bicyclic) bond motifs is 1. The highest BCUT2D eigenvalue weighted by molar-refractivity contribution is 7.99. The standard InChI is InChI=1S/C30H26N2O3S2/c1-21-17-18-27(31-22(2)33)23(19-21)20-29-30(36-24-11-5-3-6-12-24)26-15-9-10-16-28(26)32(29)37(34,35)25-13-7-4-8-14-25/h3-19H,20H2,1-2H3,(H,31,33). The molecule has 7 heteroatoms. The number of para-hydroxylation sites is 1. The molecule has 186 valence electrons. The van der Waals surface area contributed by atoms with E-state index in [9.17, 15) is 13.2 Å². The Labute approximate surface area is 221 Å². The van der Waals surface area contributed by atoms with Crippen LogP contribution in [0.25, 0.3) is 10.9 Å². The van der Waals surface area contributed by atoms with Crippen LogP contribution < -0.4 is 5.32 Å². The van der Waals surface area contributed by atoms with Gasteiger partial charge in [-0.3, -0.25) is 4.79 Å². The molecule has 0 unspecified atom stereocenters. The number of rotatable bonds is 7. The fourth-order valence-corrected chi connectivity index (χ4v) is 7.17. The Bertz CT molecular complexity index is 1690. The van der Waals surface area contributed by atoms with Gasteiger partial charge in [-0.25, -0.2) is 12.4 Å². The van der Waals surface area contributed by atoms with Crippen molar-refractivity contribution in [3.05, 3.63) is 120 Å². The molecule has 0 radical (unpaired) electrons. The minimum atomic E-state index is -3.92. The summed E-state index contributed by atoms with van der Waals surface area (Å²) in [4.78, 5) is 14.0. The van der Waals surface area contributed by atoms with E-state index < -0.39 is 10.0 Å². The van der Waals surface area contributed by atoms with E-state index in [1.54, 1.807) is 42.1 Å². The van der Waals surface area contributed by atoms with Gasteiger partial charge in [0.05, 0.1) is 16.1 Å². The molecule has 0 atom stereocenters. The van der Waals surface area contributed by atoms with Crippen LogP contribution in [0.4, 0.5) is 5.69 Å². The summed E-state index contributed by atoms with van der Waals surface area (Å²) in [6, 6.07) is 31.8. The fraction of sp³-hybridized carbons (Fsp3) is 0.100. The van der Waals surface area contributed by atoms with Crippen LogP contribution in [0.1, 0.15) is 23.7 Å². The molecule has 0 aliphatic rings. The molecule has 0 saturated carbocycles. The molecule has 1 amide bonds. The first-order valence-corrected chi connectivity index (χ1v) is 14.1. The van der Waals surface area contributed by atoms with E-state index in [1.807, 2.05) is 79.7 Å². The number of benzene rings is 4. The maximum atomic E-state index is 14.1. The highest BCUT2D eigenvalue weighted by Gasteiger charge is 2.28. The quantitative estimate of drug-likeness (QED) is 0.251. The second-order valence-corrected chi connectivity index (χ2v) is 11.7. The first-order chi connectivity index (χ1) is 17.8. The van der Waals surface area contributed by atoms with Crippen molar-refractivity contribution in [1.29, 1.82) is 0 Å². The highest BCUT2D eigenvalue weighted by atomic mass is 32.2. The lowest BCUT2D eigenvalue weighted by Crippen LogP contribution is -2.17. The zero-order valence-corrected chi connectivity index (χ0v) is 22.1. The number of carbonyl (C=O) groups is 1. The zero-order valence-electron chi connectivity index (χ0n) is 20.5. The van der Waals surface area contributed by atoms with Gasteiger partial charge in [-0.1, -0.05) is 84.1 Å². The Morgan fingerprint density at radius 2 is 1.51 bits per heavy atom. The van der Waals surface area contributed by atoms with Gasteiger partial charge in [0.1, 0.15) is 0 Å². The molecule has 0 aliphatic carbocycles. The molecule has 37 heavy (non-hydrogen) atoms. The monoisotopic (exact) mass is 526 g/mol. The van der Waals surface area contributed by atoms with Crippen LogP contribution in [-0.2, 0) is 21.2 Å². The van der Waals surface area contributed by atoms with Crippen molar-refractivity contribution in [2.45, 2.75) is 35.0 Å². The third kappa shape index (κ3) is 5.05. The number of nitrogens with one attached hydrogen (secondary N) is 1. The molecule has 1 heterocycles. The van der Waals surface area contributed by atoms with Crippen molar-refractivity contribution in [3.63, 3.8) is 0 Å². The minimum Gasteiger partial charge on any atom is -0.326 e. The molecular formula is C30H26N2O3S2. The Morgan fingerprint density at radius 3 is 2.22 bits per heavy atom. The van der Waals surface area contributed by atoms with E-state index >= 15 is 0 Å². The number of hydrogen-bond donors (Lipinski definition) is 1. The normalized spacial score (nSPS) is 11.5. The second-order valence-electron chi connectivity index (χ2n) is 8.81. The van der Waals surface area contributed by atoms with Gasteiger partial charge in [-0.15, -0.1) is 0 Å². The third-order valence-corrected chi connectivity index (χ3v) is 8.98. The summed E-state index contributed by atoms with van der Waals surface area (Å²) in [5.41, 5.74) is 3.81. The molecule has 0 aliphatic heterocycles. The van der Waals surface area contributed by atoms with Crippen LogP contribution >= 0.6 is 11.8 Å². The van der Waals surface area contributed by atoms with Crippen molar-refractivity contribution in [3.8, 4) is 0 Å². The van der Waals surface area contributed by atoms with Gasteiger partial charge in [-0.2, -0.15) is 0 Å². The van der Waals surface area contributed by atoms with Crippen molar-refractivity contribution in [2.24, 2.45) is 0 Å². The van der Waals surface area contributed by atoms with Gasteiger partial charge >= 0.3 is 0 Å². The average molecular weight is 527 g/mol. The molecular weight excluding hydrogens is 500 g/mol. The Balaban J connectivity index is 1.80. The van der Waals surface area contributed by atoms with E-state index in [2.05, 4.69) is 5.32 Å². The van der Waals surface area contributed by atoms with Crippen molar-refractivity contribution >= 4 is 44.3 Å². The molecule has 0 bridgehead atoms. The molecule has 5 nitrogen and oxygen atoms in total. The Morgan fingerprint density at radius 1 is 0.865 bits per heavy atom. The largest absolute Gasteiger partial charge is 0.326 e. The van der Waals surface area contributed by atoms with Crippen molar-refractivity contribution in [1.82, 2.24) is 3.97 Å².